The van der Waals surface area contributed by atoms with E-state index in [1.807, 2.05) is 0 Å². The van der Waals surface area contributed by atoms with Crippen LogP contribution in [0.15, 0.2) is 12.3 Å². The third kappa shape index (κ3) is 6.31. The molecule has 0 aromatic heterocycles. The summed E-state index contributed by atoms with van der Waals surface area (Å²) in [6, 6.07) is 0. The fourth-order valence-corrected chi connectivity index (χ4v) is 1.15. The van der Waals surface area contributed by atoms with Gasteiger partial charge in [-0.3, -0.25) is 0 Å². The Morgan fingerprint density at radius 1 is 1.71 bits per heavy atom. The average Bonchev–Trinajstić information content (AvgIpc) is 1.69. The Kier molecular flexibility index (Phi) is 6.59. The first-order chi connectivity index (χ1) is 3.41. The predicted molar refractivity (Wildman–Crippen MR) is 29.6 cm³/mol. The molecule has 0 aliphatic carbocycles. The van der Waals surface area contributed by atoms with E-state index in [2.05, 4.69) is 21.2 Å². The zero-order valence-electron chi connectivity index (χ0n) is 3.60. The second-order valence-electron chi connectivity index (χ2n) is 0.609. The molecule has 35 valence electrons. The van der Waals surface area contributed by atoms with Gasteiger partial charge in [0, 0.05) is 0 Å². The van der Waals surface area contributed by atoms with Gasteiger partial charge >= 0.3 is 10.0 Å². The van der Waals surface area contributed by atoms with E-state index in [4.69, 9.17) is 4.12 Å². The second kappa shape index (κ2) is 6.31. The van der Waals surface area contributed by atoms with Crippen LogP contribution in [0.2, 0.25) is 0 Å². The molecule has 0 unspecified atom stereocenters. The summed E-state index contributed by atoms with van der Waals surface area (Å²) in [5, 5.41) is 0. The van der Waals surface area contributed by atoms with Crippen molar-refractivity contribution in [3.63, 3.8) is 0 Å². The van der Waals surface area contributed by atoms with Crippen LogP contribution in [0.5, 0.6) is 0 Å². The zero-order chi connectivity index (χ0) is 5.54. The van der Waals surface area contributed by atoms with E-state index in [0.717, 1.165) is 0 Å². The van der Waals surface area contributed by atoms with Crippen LogP contribution in [-0.4, -0.2) is 30.3 Å². The largest absolute Gasteiger partial charge is 0.435 e. The van der Waals surface area contributed by atoms with Gasteiger partial charge in [-0.05, 0) is 0 Å². The van der Waals surface area contributed by atoms with Gasteiger partial charge in [0.1, 0.15) is 0 Å². The number of hydrogen-bond donors (Lipinski definition) is 0. The summed E-state index contributed by atoms with van der Waals surface area (Å²) < 4.78 is 9.21. The third-order valence-electron chi connectivity index (χ3n) is 0.226. The minimum atomic E-state index is 0.0764. The van der Waals surface area contributed by atoms with Crippen molar-refractivity contribution in [2.45, 2.75) is 0 Å². The minimum Gasteiger partial charge on any atom is -0.435 e. The zero-order valence-corrected chi connectivity index (χ0v) is 6.60. The Morgan fingerprint density at radius 2 is 2.43 bits per heavy atom. The quantitative estimate of drug-likeness (QED) is 0.386. The standard InChI is InChI=1S/C2H3O2Si3/c1-2-6-4-7-3-5/h2H,1H2. The molecule has 2 nitrogen and oxygen atoms in total. The molecule has 0 atom stereocenters. The van der Waals surface area contributed by atoms with Crippen LogP contribution in [0, 0.1) is 0 Å². The molecular formula is C2H3O2Si3. The molecule has 0 rings (SSSR count). The first-order valence-corrected chi connectivity index (χ1v) is 3.72. The maximum Gasteiger partial charge on any atom is 0.409 e. The smallest absolute Gasteiger partial charge is 0.409 e. The molecule has 0 saturated carbocycles. The highest BCUT2D eigenvalue weighted by Crippen LogP contribution is 1.64. The lowest BCUT2D eigenvalue weighted by Crippen LogP contribution is -2.03. The van der Waals surface area contributed by atoms with E-state index < -0.39 is 0 Å². The molecule has 7 heavy (non-hydrogen) atoms. The monoisotopic (exact) mass is 143 g/mol. The van der Waals surface area contributed by atoms with Crippen LogP contribution < -0.4 is 0 Å². The molecule has 0 fully saturated rings. The first kappa shape index (κ1) is 7.31. The Balaban J connectivity index is 2.56. The van der Waals surface area contributed by atoms with Gasteiger partial charge < -0.3 is 8.23 Å². The predicted octanol–water partition coefficient (Wildman–Crippen LogP) is -0.600. The molecular weight excluding hydrogens is 140 g/mol. The van der Waals surface area contributed by atoms with Crippen molar-refractivity contribution in [1.29, 1.82) is 0 Å². The first-order valence-electron chi connectivity index (χ1n) is 1.51. The third-order valence-corrected chi connectivity index (χ3v) is 1.53. The van der Waals surface area contributed by atoms with Crippen LogP contribution in [-0.2, 0) is 8.23 Å². The average molecular weight is 143 g/mol. The molecule has 0 spiro atoms. The van der Waals surface area contributed by atoms with Gasteiger partial charge in [0.2, 0.25) is 20.2 Å². The second-order valence-corrected chi connectivity index (χ2v) is 3.05. The van der Waals surface area contributed by atoms with Crippen LogP contribution in [0.4, 0.5) is 0 Å². The highest BCUT2D eigenvalue weighted by atomic mass is 28.3. The number of rotatable bonds is 4. The van der Waals surface area contributed by atoms with Gasteiger partial charge in [0.25, 0.3) is 0 Å². The minimum absolute atomic E-state index is 0.0764. The molecule has 0 aliphatic rings. The van der Waals surface area contributed by atoms with E-state index in [-0.39, 0.29) is 10.0 Å². The summed E-state index contributed by atoms with van der Waals surface area (Å²) in [7, 11) is 3.20. The van der Waals surface area contributed by atoms with E-state index in [0.29, 0.717) is 9.76 Å². The van der Waals surface area contributed by atoms with Crippen molar-refractivity contribution in [1.82, 2.24) is 0 Å². The Morgan fingerprint density at radius 3 is 2.86 bits per heavy atom. The molecule has 0 N–H and O–H groups in total. The lowest BCUT2D eigenvalue weighted by molar-refractivity contribution is 0.507. The lowest BCUT2D eigenvalue weighted by Gasteiger charge is -1.89. The molecule has 5 heteroatoms. The molecule has 0 heterocycles. The normalized spacial score (nSPS) is 8.71. The summed E-state index contributed by atoms with van der Waals surface area (Å²) in [5.41, 5.74) is 1.69. The van der Waals surface area contributed by atoms with Gasteiger partial charge in [0.15, 0.2) is 0 Å². The van der Waals surface area contributed by atoms with Crippen molar-refractivity contribution in [2.24, 2.45) is 0 Å². The maximum absolute atomic E-state index is 4.80. The van der Waals surface area contributed by atoms with Crippen molar-refractivity contribution < 1.29 is 8.23 Å². The van der Waals surface area contributed by atoms with Gasteiger partial charge in [-0.25, -0.2) is 0 Å². The van der Waals surface area contributed by atoms with Crippen molar-refractivity contribution in [3.8, 4) is 0 Å². The topological polar surface area (TPSA) is 18.5 Å². The van der Waals surface area contributed by atoms with Gasteiger partial charge in [-0.1, -0.05) is 5.70 Å². The molecule has 7 radical (unpaired) electrons. The Labute approximate surface area is 51.5 Å². The molecule has 0 aromatic rings. The van der Waals surface area contributed by atoms with Crippen LogP contribution in [0.3, 0.4) is 0 Å². The van der Waals surface area contributed by atoms with Crippen molar-refractivity contribution >= 4 is 30.3 Å². The van der Waals surface area contributed by atoms with Crippen LogP contribution in [0.25, 0.3) is 0 Å². The van der Waals surface area contributed by atoms with Crippen molar-refractivity contribution in [2.75, 3.05) is 0 Å². The summed E-state index contributed by atoms with van der Waals surface area (Å²) in [6.07, 6.45) is 0. The molecule has 0 aromatic carbocycles. The van der Waals surface area contributed by atoms with Crippen LogP contribution >= 0.6 is 0 Å². The molecule has 0 bridgehead atoms. The Hall–Kier alpha value is 0.311. The summed E-state index contributed by atoms with van der Waals surface area (Å²) in [4.78, 5) is 0. The molecule has 0 saturated heterocycles. The highest BCUT2D eigenvalue weighted by molar-refractivity contribution is 6.45. The summed E-state index contributed by atoms with van der Waals surface area (Å²) in [5.74, 6) is 0. The van der Waals surface area contributed by atoms with E-state index in [9.17, 15) is 0 Å². The lowest BCUT2D eigenvalue weighted by atomic mass is 11.3. The Bertz CT molecular complexity index is 48.2. The van der Waals surface area contributed by atoms with Gasteiger partial charge in [-0.15, -0.1) is 6.58 Å². The van der Waals surface area contributed by atoms with Crippen molar-refractivity contribution in [3.05, 3.63) is 12.3 Å². The summed E-state index contributed by atoms with van der Waals surface area (Å²) >= 11 is 0. The van der Waals surface area contributed by atoms with Gasteiger partial charge in [0.05, 0.1) is 0 Å². The SMILES string of the molecule is C=C[Si]O[Si]O[Si]. The van der Waals surface area contributed by atoms with E-state index >= 15 is 0 Å². The highest BCUT2D eigenvalue weighted by Gasteiger charge is 1.83. The molecule has 0 aliphatic heterocycles. The van der Waals surface area contributed by atoms with E-state index in [1.54, 1.807) is 5.70 Å². The molecule has 0 amide bonds. The number of hydrogen-bond acceptors (Lipinski definition) is 2. The van der Waals surface area contributed by atoms with E-state index in [1.165, 1.54) is 0 Å². The summed E-state index contributed by atoms with van der Waals surface area (Å²) in [6.45, 7) is 3.45. The van der Waals surface area contributed by atoms with Crippen LogP contribution in [0.1, 0.15) is 0 Å². The maximum atomic E-state index is 4.80. The fourth-order valence-electron chi connectivity index (χ4n) is 0.0866. The van der Waals surface area contributed by atoms with Gasteiger partial charge in [-0.2, -0.15) is 0 Å². The fraction of sp³-hybridized carbons (Fsp3) is 0.